The molecule has 176 valence electrons. The fourth-order valence-electron chi connectivity index (χ4n) is 4.29. The molecule has 10 heteroatoms. The van der Waals surface area contributed by atoms with Gasteiger partial charge in [0.05, 0.1) is 35.8 Å². The van der Waals surface area contributed by atoms with Crippen molar-refractivity contribution in [3.05, 3.63) is 66.0 Å². The Morgan fingerprint density at radius 3 is 2.77 bits per heavy atom. The Bertz CT molecular complexity index is 1400. The monoisotopic (exact) mass is 470 g/mol. The lowest BCUT2D eigenvalue weighted by molar-refractivity contribution is 0.123. The van der Waals surface area contributed by atoms with Crippen LogP contribution in [0.3, 0.4) is 0 Å². The summed E-state index contributed by atoms with van der Waals surface area (Å²) in [5.41, 5.74) is 10.0. The number of hydrogen-bond donors (Lipinski definition) is 2. The maximum absolute atomic E-state index is 14.4. The molecule has 1 aliphatic rings. The standard InChI is InChI=1S/C25H23FN8O/c26-16-4-5-19-17(13-16)23(34-9-11-35-12-10-34)22(20-3-1-2-7-29-20)21(33-19)6-8-30-25-18(14-27)24(28)31-15-32-25/h1-5,7,13,15H,6,8-12H2,(H3,28,30,31,32). The van der Waals surface area contributed by atoms with Gasteiger partial charge >= 0.3 is 0 Å². The molecular weight excluding hydrogens is 447 g/mol. The number of anilines is 3. The molecular formula is C25H23FN8O. The second-order valence-corrected chi connectivity index (χ2v) is 8.03. The Labute approximate surface area is 201 Å². The lowest BCUT2D eigenvalue weighted by Crippen LogP contribution is -2.37. The summed E-state index contributed by atoms with van der Waals surface area (Å²) >= 11 is 0. The van der Waals surface area contributed by atoms with Crippen molar-refractivity contribution >= 4 is 28.2 Å². The molecule has 5 rings (SSSR count). The second kappa shape index (κ2) is 9.87. The number of fused-ring (bicyclic) bond motifs is 1. The zero-order valence-corrected chi connectivity index (χ0v) is 18.9. The highest BCUT2D eigenvalue weighted by atomic mass is 19.1. The van der Waals surface area contributed by atoms with E-state index in [2.05, 4.69) is 25.2 Å². The minimum Gasteiger partial charge on any atom is -0.382 e. The van der Waals surface area contributed by atoms with Crippen LogP contribution in [0.4, 0.5) is 21.7 Å². The van der Waals surface area contributed by atoms with Gasteiger partial charge in [0.1, 0.15) is 35.4 Å². The first kappa shape index (κ1) is 22.4. The van der Waals surface area contributed by atoms with E-state index in [9.17, 15) is 9.65 Å². The summed E-state index contributed by atoms with van der Waals surface area (Å²) in [5.74, 6) is 0.177. The van der Waals surface area contributed by atoms with Gasteiger partial charge in [-0.3, -0.25) is 9.97 Å². The summed E-state index contributed by atoms with van der Waals surface area (Å²) in [6, 6.07) is 12.4. The van der Waals surface area contributed by atoms with Gasteiger partial charge in [-0.15, -0.1) is 0 Å². The van der Waals surface area contributed by atoms with Crippen molar-refractivity contribution in [3.63, 3.8) is 0 Å². The summed E-state index contributed by atoms with van der Waals surface area (Å²) in [5, 5.41) is 13.3. The number of ether oxygens (including phenoxy) is 1. The minimum absolute atomic E-state index is 0.125. The zero-order chi connectivity index (χ0) is 24.2. The third-order valence-electron chi connectivity index (χ3n) is 5.89. The number of hydrogen-bond acceptors (Lipinski definition) is 9. The van der Waals surface area contributed by atoms with Crippen LogP contribution in [0.5, 0.6) is 0 Å². The second-order valence-electron chi connectivity index (χ2n) is 8.03. The number of nitriles is 1. The average molecular weight is 471 g/mol. The molecule has 3 aromatic heterocycles. The number of nitrogens with zero attached hydrogens (tertiary/aromatic N) is 6. The number of pyridine rings is 2. The predicted octanol–water partition coefficient (Wildman–Crippen LogP) is 3.17. The maximum atomic E-state index is 14.4. The molecule has 0 unspecified atom stereocenters. The van der Waals surface area contributed by atoms with Crippen LogP contribution >= 0.6 is 0 Å². The summed E-state index contributed by atoms with van der Waals surface area (Å²) in [6.45, 7) is 2.97. The van der Waals surface area contributed by atoms with Crippen molar-refractivity contribution in [1.82, 2.24) is 19.9 Å². The lowest BCUT2D eigenvalue weighted by Gasteiger charge is -2.32. The number of nitrogens with one attached hydrogen (secondary N) is 1. The molecule has 35 heavy (non-hydrogen) atoms. The van der Waals surface area contributed by atoms with Crippen molar-refractivity contribution in [2.75, 3.05) is 48.8 Å². The number of halogens is 1. The van der Waals surface area contributed by atoms with Gasteiger partial charge in [0.25, 0.3) is 0 Å². The molecule has 9 nitrogen and oxygen atoms in total. The van der Waals surface area contributed by atoms with Gasteiger partial charge in [-0.1, -0.05) is 6.07 Å². The number of aromatic nitrogens is 4. The number of benzene rings is 1. The van der Waals surface area contributed by atoms with Crippen molar-refractivity contribution in [2.45, 2.75) is 6.42 Å². The lowest BCUT2D eigenvalue weighted by atomic mass is 9.99. The molecule has 1 aromatic carbocycles. The first-order valence-electron chi connectivity index (χ1n) is 11.3. The predicted molar refractivity (Wildman–Crippen MR) is 131 cm³/mol. The molecule has 1 fully saturated rings. The molecule has 0 radical (unpaired) electrons. The number of morpholine rings is 1. The van der Waals surface area contributed by atoms with Gasteiger partial charge < -0.3 is 20.7 Å². The van der Waals surface area contributed by atoms with E-state index in [1.807, 2.05) is 24.3 Å². The van der Waals surface area contributed by atoms with Crippen molar-refractivity contribution in [1.29, 1.82) is 5.26 Å². The summed E-state index contributed by atoms with van der Waals surface area (Å²) in [6.07, 6.45) is 3.56. The summed E-state index contributed by atoms with van der Waals surface area (Å²) in [7, 11) is 0. The van der Waals surface area contributed by atoms with Crippen LogP contribution in [0.15, 0.2) is 48.9 Å². The van der Waals surface area contributed by atoms with Crippen molar-refractivity contribution in [3.8, 4) is 17.3 Å². The van der Waals surface area contributed by atoms with E-state index in [1.165, 1.54) is 18.5 Å². The van der Waals surface area contributed by atoms with E-state index in [-0.39, 0.29) is 17.2 Å². The number of nitrogen functional groups attached to an aromatic ring is 1. The Morgan fingerprint density at radius 2 is 2.00 bits per heavy atom. The Balaban J connectivity index is 1.61. The highest BCUT2D eigenvalue weighted by molar-refractivity contribution is 6.00. The highest BCUT2D eigenvalue weighted by Crippen LogP contribution is 2.39. The van der Waals surface area contributed by atoms with Gasteiger partial charge in [0.2, 0.25) is 0 Å². The fraction of sp³-hybridized carbons (Fsp3) is 0.240. The Kier molecular flexibility index (Phi) is 6.32. The first-order valence-corrected chi connectivity index (χ1v) is 11.3. The molecule has 1 aliphatic heterocycles. The fourth-order valence-corrected chi connectivity index (χ4v) is 4.29. The number of rotatable bonds is 6. The van der Waals surface area contributed by atoms with Crippen LogP contribution in [0, 0.1) is 17.1 Å². The van der Waals surface area contributed by atoms with Crippen LogP contribution in [-0.4, -0.2) is 52.8 Å². The molecule has 0 saturated carbocycles. The number of nitrogens with two attached hydrogens (primary N) is 1. The van der Waals surface area contributed by atoms with Gasteiger partial charge in [-0.25, -0.2) is 14.4 Å². The molecule has 1 saturated heterocycles. The first-order chi connectivity index (χ1) is 17.2. The molecule has 3 N–H and O–H groups in total. The normalized spacial score (nSPS) is 13.5. The SMILES string of the molecule is N#Cc1c(N)ncnc1NCCc1nc2ccc(F)cc2c(N2CCOCC2)c1-c1ccccn1. The van der Waals surface area contributed by atoms with Crippen LogP contribution in [0.2, 0.25) is 0 Å². The van der Waals surface area contributed by atoms with E-state index in [4.69, 9.17) is 15.5 Å². The van der Waals surface area contributed by atoms with E-state index in [0.29, 0.717) is 50.6 Å². The minimum atomic E-state index is -0.319. The van der Waals surface area contributed by atoms with Gasteiger partial charge in [0.15, 0.2) is 0 Å². The molecule has 4 aromatic rings. The zero-order valence-electron chi connectivity index (χ0n) is 18.9. The topological polar surface area (TPSA) is 126 Å². The Hall–Kier alpha value is -4.36. The molecule has 0 spiro atoms. The summed E-state index contributed by atoms with van der Waals surface area (Å²) in [4.78, 5) is 19.8. The quantitative estimate of drug-likeness (QED) is 0.437. The largest absolute Gasteiger partial charge is 0.382 e. The van der Waals surface area contributed by atoms with Crippen LogP contribution < -0.4 is 16.0 Å². The average Bonchev–Trinajstić information content (AvgIpc) is 2.89. The van der Waals surface area contributed by atoms with Gasteiger partial charge in [-0.05, 0) is 30.3 Å². The summed E-state index contributed by atoms with van der Waals surface area (Å²) < 4.78 is 19.9. The smallest absolute Gasteiger partial charge is 0.149 e. The molecule has 4 heterocycles. The highest BCUT2D eigenvalue weighted by Gasteiger charge is 2.24. The van der Waals surface area contributed by atoms with Crippen LogP contribution in [0.25, 0.3) is 22.2 Å². The third-order valence-corrected chi connectivity index (χ3v) is 5.89. The van der Waals surface area contributed by atoms with Crippen molar-refractivity contribution < 1.29 is 9.13 Å². The molecule has 0 atom stereocenters. The molecule has 0 aliphatic carbocycles. The van der Waals surface area contributed by atoms with E-state index >= 15 is 0 Å². The van der Waals surface area contributed by atoms with Crippen molar-refractivity contribution in [2.24, 2.45) is 0 Å². The molecule has 0 amide bonds. The van der Waals surface area contributed by atoms with Gasteiger partial charge in [-0.2, -0.15) is 5.26 Å². The van der Waals surface area contributed by atoms with E-state index in [0.717, 1.165) is 28.0 Å². The van der Waals surface area contributed by atoms with Crippen LogP contribution in [-0.2, 0) is 11.2 Å². The Morgan fingerprint density at radius 1 is 1.14 bits per heavy atom. The van der Waals surface area contributed by atoms with E-state index in [1.54, 1.807) is 12.3 Å². The van der Waals surface area contributed by atoms with Gasteiger partial charge in [0, 0.05) is 43.2 Å². The molecule has 0 bridgehead atoms. The van der Waals surface area contributed by atoms with Crippen LogP contribution in [0.1, 0.15) is 11.3 Å². The maximum Gasteiger partial charge on any atom is 0.149 e. The third kappa shape index (κ3) is 4.54. The van der Waals surface area contributed by atoms with E-state index < -0.39 is 0 Å².